The Hall–Kier alpha value is -1.39. The number of benzene rings is 2. The van der Waals surface area contributed by atoms with Crippen LogP contribution >= 0.6 is 23.8 Å². The van der Waals surface area contributed by atoms with E-state index in [2.05, 4.69) is 28.1 Å². The van der Waals surface area contributed by atoms with E-state index in [1.165, 1.54) is 5.56 Å². The molecule has 5 heteroatoms. The van der Waals surface area contributed by atoms with Crippen molar-refractivity contribution in [2.24, 2.45) is 5.16 Å². The topological polar surface area (TPSA) is 33.6 Å². The molecule has 0 saturated carbocycles. The lowest BCUT2D eigenvalue weighted by molar-refractivity contribution is 0.415. The minimum Gasteiger partial charge on any atom is -0.297 e. The van der Waals surface area contributed by atoms with E-state index in [0.29, 0.717) is 0 Å². The van der Waals surface area contributed by atoms with Gasteiger partial charge in [-0.15, -0.1) is 0 Å². The molecule has 0 amide bonds. The fourth-order valence-corrected chi connectivity index (χ4v) is 2.43. The van der Waals surface area contributed by atoms with Crippen LogP contribution in [-0.4, -0.2) is 5.84 Å². The second-order valence-electron chi connectivity index (χ2n) is 3.77. The Bertz CT molecular complexity index is 600. The van der Waals surface area contributed by atoms with Crippen molar-refractivity contribution in [1.29, 1.82) is 0 Å². The third-order valence-corrected chi connectivity index (χ3v) is 3.41. The van der Waals surface area contributed by atoms with Gasteiger partial charge in [-0.3, -0.25) is 9.01 Å². The van der Waals surface area contributed by atoms with Crippen LogP contribution in [0.2, 0.25) is 5.02 Å². The molecule has 0 atom stereocenters. The molecule has 0 bridgehead atoms. The van der Waals surface area contributed by atoms with Gasteiger partial charge in [0, 0.05) is 16.8 Å². The fraction of sp³-hybridized carbons (Fsp3) is 0.0833. The summed E-state index contributed by atoms with van der Waals surface area (Å²) in [5.41, 5.74) is 1.18. The van der Waals surface area contributed by atoms with Crippen LogP contribution in [0.4, 0.5) is 0 Å². The summed E-state index contributed by atoms with van der Waals surface area (Å²) in [4.78, 5) is 0. The first-order valence-corrected chi connectivity index (χ1v) is 6.27. The summed E-state index contributed by atoms with van der Waals surface area (Å²) >= 11 is 7.25. The Balaban J connectivity index is 1.96. The van der Waals surface area contributed by atoms with Crippen LogP contribution in [0, 0.1) is 0 Å². The van der Waals surface area contributed by atoms with Gasteiger partial charge in [0.25, 0.3) is 0 Å². The van der Waals surface area contributed by atoms with Gasteiger partial charge in [-0.25, -0.2) is 0 Å². The van der Waals surface area contributed by atoms with Crippen molar-refractivity contribution >= 4 is 40.4 Å². The maximum Gasteiger partial charge on any atom is 0.208 e. The molecule has 3 rings (SSSR count). The first-order valence-electron chi connectivity index (χ1n) is 5.16. The Kier molecular flexibility index (Phi) is 2.82. The van der Waals surface area contributed by atoms with Crippen LogP contribution < -0.4 is 4.72 Å². The van der Waals surface area contributed by atoms with E-state index in [1.807, 2.05) is 18.2 Å². The van der Waals surface area contributed by atoms with Gasteiger partial charge in [0.05, 0.1) is 0 Å². The predicted molar refractivity (Wildman–Crippen MR) is 71.9 cm³/mol. The van der Waals surface area contributed by atoms with Crippen molar-refractivity contribution in [3.8, 4) is 0 Å². The molecular weight excluding hydrogens is 256 g/mol. The van der Waals surface area contributed by atoms with Crippen molar-refractivity contribution in [1.82, 2.24) is 4.72 Å². The lowest BCUT2D eigenvalue weighted by atomic mass is 10.0. The fourth-order valence-electron chi connectivity index (χ4n) is 1.81. The summed E-state index contributed by atoms with van der Waals surface area (Å²) in [6.45, 7) is 0. The van der Waals surface area contributed by atoms with Crippen molar-refractivity contribution in [2.45, 2.75) is 6.42 Å². The summed E-state index contributed by atoms with van der Waals surface area (Å²) in [6, 6.07) is 12.1. The monoisotopic (exact) mass is 264 g/mol. The third-order valence-electron chi connectivity index (χ3n) is 2.61. The van der Waals surface area contributed by atoms with Crippen LogP contribution in [0.5, 0.6) is 0 Å². The first kappa shape index (κ1) is 10.7. The van der Waals surface area contributed by atoms with Gasteiger partial charge < -0.3 is 0 Å². The summed E-state index contributed by atoms with van der Waals surface area (Å²) < 4.78 is 7.79. The van der Waals surface area contributed by atoms with E-state index in [9.17, 15) is 0 Å². The number of hydrogen-bond donors (Lipinski definition) is 1. The van der Waals surface area contributed by atoms with E-state index < -0.39 is 0 Å². The predicted octanol–water partition coefficient (Wildman–Crippen LogP) is 3.53. The normalized spacial score (nSPS) is 14.3. The van der Waals surface area contributed by atoms with Crippen LogP contribution in [-0.2, 0) is 10.7 Å². The molecule has 1 aliphatic rings. The van der Waals surface area contributed by atoms with Crippen LogP contribution in [0.15, 0.2) is 41.6 Å². The second-order valence-corrected chi connectivity index (χ2v) is 4.70. The van der Waals surface area contributed by atoms with E-state index in [-0.39, 0.29) is 0 Å². The zero-order chi connectivity index (χ0) is 11.7. The number of halogens is 1. The van der Waals surface area contributed by atoms with Gasteiger partial charge in [-0.05, 0) is 17.0 Å². The molecule has 1 heterocycles. The molecule has 3 nitrogen and oxygen atoms in total. The van der Waals surface area contributed by atoms with E-state index >= 15 is 0 Å². The highest BCUT2D eigenvalue weighted by Gasteiger charge is 2.09. The van der Waals surface area contributed by atoms with Gasteiger partial charge >= 0.3 is 0 Å². The van der Waals surface area contributed by atoms with Gasteiger partial charge in [0.2, 0.25) is 12.2 Å². The van der Waals surface area contributed by atoms with E-state index in [0.717, 1.165) is 40.3 Å². The van der Waals surface area contributed by atoms with E-state index in [4.69, 9.17) is 15.9 Å². The summed E-state index contributed by atoms with van der Waals surface area (Å²) in [6.07, 6.45) is 0.732. The van der Waals surface area contributed by atoms with Crippen LogP contribution in [0.25, 0.3) is 10.8 Å². The molecule has 0 aliphatic carbocycles. The van der Waals surface area contributed by atoms with Crippen molar-refractivity contribution in [3.05, 3.63) is 47.0 Å². The Labute approximate surface area is 108 Å². The van der Waals surface area contributed by atoms with Gasteiger partial charge in [-0.1, -0.05) is 47.1 Å². The average Bonchev–Trinajstić information content (AvgIpc) is 2.82. The molecule has 0 unspecified atom stereocenters. The number of nitrogens with zero attached hydrogens (tertiary/aromatic N) is 1. The molecular formula is C12H9ClN2OS. The van der Waals surface area contributed by atoms with Crippen molar-refractivity contribution < 1.29 is 4.28 Å². The van der Waals surface area contributed by atoms with Crippen molar-refractivity contribution in [2.75, 3.05) is 0 Å². The molecule has 1 aliphatic heterocycles. The minimum absolute atomic E-state index is 0.732. The highest BCUT2D eigenvalue weighted by atomic mass is 35.5. The smallest absolute Gasteiger partial charge is 0.208 e. The Morgan fingerprint density at radius 1 is 1.29 bits per heavy atom. The lowest BCUT2D eigenvalue weighted by Gasteiger charge is -2.04. The lowest BCUT2D eigenvalue weighted by Crippen LogP contribution is -2.13. The molecule has 17 heavy (non-hydrogen) atoms. The Morgan fingerprint density at radius 3 is 3.06 bits per heavy atom. The molecule has 2 aromatic carbocycles. The van der Waals surface area contributed by atoms with Gasteiger partial charge in [-0.2, -0.15) is 0 Å². The molecule has 0 fully saturated rings. The summed E-state index contributed by atoms with van der Waals surface area (Å²) in [5, 5.41) is 6.87. The maximum absolute atomic E-state index is 6.12. The maximum atomic E-state index is 6.12. The SMILES string of the molecule is Clc1cccc2cc(CC3=NOSN3)ccc12. The number of hydrogen-bond acceptors (Lipinski definition) is 4. The van der Waals surface area contributed by atoms with Crippen LogP contribution in [0.1, 0.15) is 5.56 Å². The standard InChI is InChI=1S/C12H9ClN2OS/c13-11-3-1-2-9-6-8(4-5-10(9)11)7-12-14-16-17-15-12/h1-6H,7H2,(H,14,15). The molecule has 0 radical (unpaired) electrons. The highest BCUT2D eigenvalue weighted by Crippen LogP contribution is 2.24. The summed E-state index contributed by atoms with van der Waals surface area (Å²) in [5.74, 6) is 0.830. The highest BCUT2D eigenvalue weighted by molar-refractivity contribution is 7.93. The number of oxime groups is 1. The summed E-state index contributed by atoms with van der Waals surface area (Å²) in [7, 11) is 0. The zero-order valence-electron chi connectivity index (χ0n) is 8.81. The van der Waals surface area contributed by atoms with Crippen molar-refractivity contribution in [3.63, 3.8) is 0 Å². The number of amidine groups is 1. The first-order chi connectivity index (χ1) is 8.33. The molecule has 2 aromatic rings. The molecule has 1 N–H and O–H groups in total. The second kappa shape index (κ2) is 4.47. The third kappa shape index (κ3) is 2.18. The molecule has 86 valence electrons. The van der Waals surface area contributed by atoms with Gasteiger partial charge in [0.15, 0.2) is 5.84 Å². The number of nitrogens with one attached hydrogen (secondary N) is 1. The molecule has 0 spiro atoms. The largest absolute Gasteiger partial charge is 0.297 e. The van der Waals surface area contributed by atoms with E-state index in [1.54, 1.807) is 0 Å². The Morgan fingerprint density at radius 2 is 2.24 bits per heavy atom. The molecule has 0 saturated heterocycles. The minimum atomic E-state index is 0.732. The average molecular weight is 265 g/mol. The quantitative estimate of drug-likeness (QED) is 0.665. The number of fused-ring (bicyclic) bond motifs is 1. The number of rotatable bonds is 2. The molecule has 0 aromatic heterocycles. The van der Waals surface area contributed by atoms with Gasteiger partial charge in [0.1, 0.15) is 0 Å². The van der Waals surface area contributed by atoms with Crippen LogP contribution in [0.3, 0.4) is 0 Å². The zero-order valence-corrected chi connectivity index (χ0v) is 10.4.